The summed E-state index contributed by atoms with van der Waals surface area (Å²) in [7, 11) is -3.99. The summed E-state index contributed by atoms with van der Waals surface area (Å²) >= 11 is 0. The molecule has 0 aliphatic carbocycles. The molecule has 1 atom stereocenters. The van der Waals surface area contributed by atoms with Crippen LogP contribution in [0.2, 0.25) is 0 Å². The van der Waals surface area contributed by atoms with Crippen molar-refractivity contribution in [2.75, 3.05) is 24.0 Å². The summed E-state index contributed by atoms with van der Waals surface area (Å²) in [6.45, 7) is 4.42. The van der Waals surface area contributed by atoms with Gasteiger partial charge in [0.05, 0.1) is 17.2 Å². The van der Waals surface area contributed by atoms with Crippen LogP contribution in [0.4, 0.5) is 5.69 Å². The summed E-state index contributed by atoms with van der Waals surface area (Å²) in [6, 6.07) is 25.1. The van der Waals surface area contributed by atoms with Crippen LogP contribution in [0.3, 0.4) is 0 Å². The second-order valence-electron chi connectivity index (χ2n) is 7.99. The van der Waals surface area contributed by atoms with Crippen molar-refractivity contribution in [3.05, 3.63) is 90.5 Å². The summed E-state index contributed by atoms with van der Waals surface area (Å²) in [5.41, 5.74) is 1.54. The van der Waals surface area contributed by atoms with E-state index in [0.717, 1.165) is 17.1 Å². The highest BCUT2D eigenvalue weighted by Crippen LogP contribution is 2.32. The van der Waals surface area contributed by atoms with Crippen LogP contribution in [0, 0.1) is 5.92 Å². The van der Waals surface area contributed by atoms with Gasteiger partial charge in [-0.2, -0.15) is 0 Å². The Morgan fingerprint density at radius 2 is 1.53 bits per heavy atom. The molecule has 0 aliphatic heterocycles. The third-order valence-electron chi connectivity index (χ3n) is 5.58. The number of nitrogens with zero attached hydrogens (tertiary/aromatic N) is 1. The van der Waals surface area contributed by atoms with E-state index in [1.807, 2.05) is 25.1 Å². The fraction of sp³-hybridized carbons (Fsp3) is 0.296. The first kappa shape index (κ1) is 25.3. The van der Waals surface area contributed by atoms with Crippen molar-refractivity contribution in [1.82, 2.24) is 5.32 Å². The lowest BCUT2D eigenvalue weighted by molar-refractivity contribution is -0.119. The van der Waals surface area contributed by atoms with E-state index in [1.165, 1.54) is 17.7 Å². The van der Waals surface area contributed by atoms with Crippen molar-refractivity contribution in [2.45, 2.75) is 31.6 Å². The number of para-hydroxylation sites is 2. The Balaban J connectivity index is 1.81. The maximum absolute atomic E-state index is 13.6. The van der Waals surface area contributed by atoms with E-state index in [-0.39, 0.29) is 23.3 Å². The van der Waals surface area contributed by atoms with E-state index in [1.54, 1.807) is 42.5 Å². The molecule has 0 fully saturated rings. The summed E-state index contributed by atoms with van der Waals surface area (Å²) in [5.74, 6) is 0.298. The van der Waals surface area contributed by atoms with Crippen LogP contribution in [0.15, 0.2) is 89.8 Å². The van der Waals surface area contributed by atoms with Crippen molar-refractivity contribution in [3.63, 3.8) is 0 Å². The summed E-state index contributed by atoms with van der Waals surface area (Å²) in [5, 5.41) is 2.94. The second kappa shape index (κ2) is 12.2. The van der Waals surface area contributed by atoms with Crippen molar-refractivity contribution in [1.29, 1.82) is 0 Å². The Morgan fingerprint density at radius 3 is 2.18 bits per heavy atom. The van der Waals surface area contributed by atoms with Crippen molar-refractivity contribution < 1.29 is 17.9 Å². The number of rotatable bonds is 12. The maximum Gasteiger partial charge on any atom is 0.264 e. The van der Waals surface area contributed by atoms with Crippen LogP contribution in [0.25, 0.3) is 0 Å². The predicted molar refractivity (Wildman–Crippen MR) is 136 cm³/mol. The van der Waals surface area contributed by atoms with Crippen LogP contribution >= 0.6 is 0 Å². The van der Waals surface area contributed by atoms with Gasteiger partial charge in [-0.1, -0.05) is 74.0 Å². The zero-order valence-electron chi connectivity index (χ0n) is 19.7. The molecule has 1 unspecified atom stereocenters. The van der Waals surface area contributed by atoms with Gasteiger partial charge in [-0.05, 0) is 49.1 Å². The van der Waals surface area contributed by atoms with E-state index in [2.05, 4.69) is 24.4 Å². The number of nitrogens with one attached hydrogen (secondary N) is 1. The van der Waals surface area contributed by atoms with Gasteiger partial charge in [-0.25, -0.2) is 8.42 Å². The average molecular weight is 481 g/mol. The number of ether oxygens (including phenoxy) is 1. The third kappa shape index (κ3) is 6.60. The fourth-order valence-electron chi connectivity index (χ4n) is 3.71. The van der Waals surface area contributed by atoms with Crippen LogP contribution in [-0.2, 0) is 21.2 Å². The molecule has 0 spiro atoms. The number of benzene rings is 3. The number of carbonyl (C=O) groups excluding carboxylic acids is 1. The summed E-state index contributed by atoms with van der Waals surface area (Å²) < 4.78 is 33.9. The molecule has 1 amide bonds. The molecule has 0 aliphatic rings. The van der Waals surface area contributed by atoms with Gasteiger partial charge in [0.2, 0.25) is 5.91 Å². The van der Waals surface area contributed by atoms with Crippen LogP contribution < -0.4 is 14.4 Å². The molecule has 1 N–H and O–H groups in total. The van der Waals surface area contributed by atoms with Gasteiger partial charge < -0.3 is 10.1 Å². The standard InChI is InChI=1S/C27H32N2O4S/c1-3-22(19-23-13-7-5-8-14-23)20-28-27(30)21-29(25-17-11-12-18-26(25)33-4-2)34(31,32)24-15-9-6-10-16-24/h5-18,22H,3-4,19-21H2,1-2H3,(H,28,30). The van der Waals surface area contributed by atoms with Crippen LogP contribution in [-0.4, -0.2) is 34.0 Å². The van der Waals surface area contributed by atoms with Crippen molar-refractivity contribution in [3.8, 4) is 5.75 Å². The van der Waals surface area contributed by atoms with E-state index >= 15 is 0 Å². The van der Waals surface area contributed by atoms with Crippen molar-refractivity contribution in [2.24, 2.45) is 5.92 Å². The number of amides is 1. The zero-order valence-corrected chi connectivity index (χ0v) is 20.5. The van der Waals surface area contributed by atoms with Crippen LogP contribution in [0.5, 0.6) is 5.75 Å². The zero-order chi connectivity index (χ0) is 24.4. The van der Waals surface area contributed by atoms with Gasteiger partial charge in [0.1, 0.15) is 12.3 Å². The first-order chi connectivity index (χ1) is 16.5. The lowest BCUT2D eigenvalue weighted by Gasteiger charge is -2.26. The highest BCUT2D eigenvalue weighted by atomic mass is 32.2. The molecule has 0 bridgehead atoms. The molecule has 7 heteroatoms. The van der Waals surface area contributed by atoms with E-state index in [4.69, 9.17) is 4.74 Å². The SMILES string of the molecule is CCOc1ccccc1N(CC(=O)NCC(CC)Cc1ccccc1)S(=O)(=O)c1ccccc1. The predicted octanol–water partition coefficient (Wildman–Crippen LogP) is 4.67. The Hall–Kier alpha value is -3.32. The quantitative estimate of drug-likeness (QED) is 0.409. The topological polar surface area (TPSA) is 75.7 Å². The summed E-state index contributed by atoms with van der Waals surface area (Å²) in [6.07, 6.45) is 1.74. The first-order valence-electron chi connectivity index (χ1n) is 11.6. The Bertz CT molecular complexity index is 1150. The second-order valence-corrected chi connectivity index (χ2v) is 9.86. The number of anilines is 1. The molecule has 3 rings (SSSR count). The van der Waals surface area contributed by atoms with Gasteiger partial charge in [0.25, 0.3) is 10.0 Å². The fourth-order valence-corrected chi connectivity index (χ4v) is 5.17. The van der Waals surface area contributed by atoms with Gasteiger partial charge in [0.15, 0.2) is 0 Å². The molecule has 6 nitrogen and oxygen atoms in total. The molecule has 0 heterocycles. The normalized spacial score (nSPS) is 12.1. The minimum atomic E-state index is -3.99. The Morgan fingerprint density at radius 1 is 0.912 bits per heavy atom. The molecule has 0 aromatic heterocycles. The smallest absolute Gasteiger partial charge is 0.264 e. The molecule has 180 valence electrons. The molecule has 34 heavy (non-hydrogen) atoms. The number of hydrogen-bond acceptors (Lipinski definition) is 4. The van der Waals surface area contributed by atoms with Gasteiger partial charge in [-0.15, -0.1) is 0 Å². The largest absolute Gasteiger partial charge is 0.492 e. The minimum absolute atomic E-state index is 0.115. The highest BCUT2D eigenvalue weighted by molar-refractivity contribution is 7.92. The highest BCUT2D eigenvalue weighted by Gasteiger charge is 2.29. The average Bonchev–Trinajstić information content (AvgIpc) is 2.87. The third-order valence-corrected chi connectivity index (χ3v) is 7.36. The molecule has 3 aromatic rings. The molecular weight excluding hydrogens is 448 g/mol. The molecule has 0 saturated heterocycles. The Labute approximate surface area is 202 Å². The maximum atomic E-state index is 13.6. The van der Waals surface area contributed by atoms with E-state index < -0.39 is 10.0 Å². The van der Waals surface area contributed by atoms with Crippen LogP contribution in [0.1, 0.15) is 25.8 Å². The van der Waals surface area contributed by atoms with Gasteiger partial charge in [0, 0.05) is 6.54 Å². The number of hydrogen-bond donors (Lipinski definition) is 1. The monoisotopic (exact) mass is 480 g/mol. The molecule has 0 radical (unpaired) electrons. The van der Waals surface area contributed by atoms with Gasteiger partial charge in [-0.3, -0.25) is 9.10 Å². The van der Waals surface area contributed by atoms with Crippen molar-refractivity contribution >= 4 is 21.6 Å². The van der Waals surface area contributed by atoms with E-state index in [9.17, 15) is 13.2 Å². The molecule has 0 saturated carbocycles. The van der Waals surface area contributed by atoms with Gasteiger partial charge >= 0.3 is 0 Å². The number of carbonyl (C=O) groups is 1. The minimum Gasteiger partial charge on any atom is -0.492 e. The molecular formula is C27H32N2O4S. The molecule has 3 aromatic carbocycles. The lowest BCUT2D eigenvalue weighted by atomic mass is 9.97. The summed E-state index contributed by atoms with van der Waals surface area (Å²) in [4.78, 5) is 13.1. The van der Waals surface area contributed by atoms with E-state index in [0.29, 0.717) is 24.6 Å². The first-order valence-corrected chi connectivity index (χ1v) is 13.0. The Kier molecular flexibility index (Phi) is 9.10. The lowest BCUT2D eigenvalue weighted by Crippen LogP contribution is -2.42. The number of sulfonamides is 1.